The van der Waals surface area contributed by atoms with Crippen molar-refractivity contribution in [3.63, 3.8) is 0 Å². The Labute approximate surface area is 254 Å². The molecule has 2 N–H and O–H groups in total. The molecule has 2 saturated heterocycles. The number of nitrogens with one attached hydrogen (secondary N) is 2. The van der Waals surface area contributed by atoms with Crippen molar-refractivity contribution in [1.82, 2.24) is 24.8 Å². The molecule has 2 saturated carbocycles. The van der Waals surface area contributed by atoms with E-state index >= 15 is 0 Å². The Morgan fingerprint density at radius 3 is 2.53 bits per heavy atom. The zero-order valence-electron chi connectivity index (χ0n) is 25.9. The summed E-state index contributed by atoms with van der Waals surface area (Å²) in [6.07, 6.45) is 9.81. The van der Waals surface area contributed by atoms with Crippen LogP contribution in [-0.4, -0.2) is 76.3 Å². The van der Waals surface area contributed by atoms with Crippen LogP contribution >= 0.6 is 0 Å². The number of rotatable bonds is 9. The first-order valence-corrected chi connectivity index (χ1v) is 16.4. The second-order valence-corrected chi connectivity index (χ2v) is 13.9. The lowest BCUT2D eigenvalue weighted by atomic mass is 9.73. The number of aromatic nitrogens is 3. The molecule has 0 unspecified atom stereocenters. The molecule has 9 heteroatoms. The van der Waals surface area contributed by atoms with E-state index in [1.165, 1.54) is 5.56 Å². The molecular weight excluding hydrogens is 541 g/mol. The van der Waals surface area contributed by atoms with E-state index in [4.69, 9.17) is 9.97 Å². The number of anilines is 2. The van der Waals surface area contributed by atoms with Gasteiger partial charge in [0.2, 0.25) is 6.41 Å². The topological polar surface area (TPSA) is 78.3 Å². The van der Waals surface area contributed by atoms with Crippen molar-refractivity contribution in [2.24, 2.45) is 0 Å². The number of piperidine rings is 2. The van der Waals surface area contributed by atoms with Crippen molar-refractivity contribution >= 4 is 28.9 Å². The van der Waals surface area contributed by atoms with Crippen LogP contribution in [0, 0.1) is 0 Å². The fourth-order valence-corrected chi connectivity index (χ4v) is 7.44. The molecule has 0 bridgehead atoms. The highest BCUT2D eigenvalue weighted by Crippen LogP contribution is 2.44. The molecule has 1 amide bonds. The Kier molecular flexibility index (Phi) is 7.66. The number of pyridine rings is 1. The minimum Gasteiger partial charge on any atom is -0.366 e. The lowest BCUT2D eigenvalue weighted by Gasteiger charge is -2.49. The van der Waals surface area contributed by atoms with E-state index in [1.54, 1.807) is 0 Å². The molecule has 1 aromatic carbocycles. The van der Waals surface area contributed by atoms with Crippen LogP contribution in [0.2, 0.25) is 0 Å². The number of carbonyl (C=O) groups is 1. The summed E-state index contributed by atoms with van der Waals surface area (Å²) in [4.78, 5) is 27.3. The van der Waals surface area contributed by atoms with Crippen LogP contribution in [0.4, 0.5) is 15.9 Å². The Hall–Kier alpha value is -3.04. The van der Waals surface area contributed by atoms with E-state index < -0.39 is 6.17 Å². The summed E-state index contributed by atoms with van der Waals surface area (Å²) in [5, 5.41) is 7.18. The number of fused-ring (bicyclic) bond motifs is 1. The van der Waals surface area contributed by atoms with Gasteiger partial charge in [-0.1, -0.05) is 19.1 Å². The largest absolute Gasteiger partial charge is 0.366 e. The second-order valence-electron chi connectivity index (χ2n) is 13.9. The Bertz CT molecular complexity index is 1460. The molecular formula is C34H46FN7O. The van der Waals surface area contributed by atoms with E-state index in [-0.39, 0.29) is 17.5 Å². The average molecular weight is 588 g/mol. The molecule has 0 spiro atoms. The minimum absolute atomic E-state index is 0.0152. The standard InChI is InChI=1S/C34H46FN7O/c1-22(2)41-20-37-30-19-29(39-33(32(30)41)38-25-5-6-25)23-4-7-28(34(3)10-12-36-13-11-34)31(16-23)42(21-43)27-17-26(18-27)40-14-8-24(35)9-15-40/h4,7,16,19-22,24-27,36H,5-6,8-15,17-18H2,1-3H3,(H,38,39). The summed E-state index contributed by atoms with van der Waals surface area (Å²) < 4.78 is 16.0. The lowest BCUT2D eigenvalue weighted by Crippen LogP contribution is -2.56. The van der Waals surface area contributed by atoms with Gasteiger partial charge in [-0.2, -0.15) is 0 Å². The van der Waals surface area contributed by atoms with E-state index in [1.807, 2.05) is 11.2 Å². The first-order chi connectivity index (χ1) is 20.8. The van der Waals surface area contributed by atoms with Crippen molar-refractivity contribution in [2.45, 2.75) is 108 Å². The predicted molar refractivity (Wildman–Crippen MR) is 171 cm³/mol. The van der Waals surface area contributed by atoms with Gasteiger partial charge in [-0.25, -0.2) is 14.4 Å². The van der Waals surface area contributed by atoms with Crippen molar-refractivity contribution < 1.29 is 9.18 Å². The van der Waals surface area contributed by atoms with Gasteiger partial charge in [-0.15, -0.1) is 0 Å². The third-order valence-electron chi connectivity index (χ3n) is 10.5. The van der Waals surface area contributed by atoms with Gasteiger partial charge < -0.3 is 25.0 Å². The highest BCUT2D eigenvalue weighted by Gasteiger charge is 2.41. The van der Waals surface area contributed by atoms with Crippen molar-refractivity contribution in [3.8, 4) is 11.3 Å². The van der Waals surface area contributed by atoms with E-state index in [0.29, 0.717) is 24.9 Å². The zero-order chi connectivity index (χ0) is 29.7. The van der Waals surface area contributed by atoms with Crippen LogP contribution in [-0.2, 0) is 10.2 Å². The third-order valence-corrected chi connectivity index (χ3v) is 10.5. The lowest BCUT2D eigenvalue weighted by molar-refractivity contribution is -0.108. The molecule has 230 valence electrons. The molecule has 2 aliphatic heterocycles. The van der Waals surface area contributed by atoms with Gasteiger partial charge in [-0.05, 0) is 101 Å². The Morgan fingerprint density at radius 2 is 1.86 bits per heavy atom. The van der Waals surface area contributed by atoms with Gasteiger partial charge in [-0.3, -0.25) is 4.79 Å². The van der Waals surface area contributed by atoms with Gasteiger partial charge in [0.05, 0.1) is 17.5 Å². The summed E-state index contributed by atoms with van der Waals surface area (Å²) in [5.41, 5.74) is 6.10. The first kappa shape index (κ1) is 28.7. The number of amides is 1. The van der Waals surface area contributed by atoms with E-state index in [9.17, 15) is 9.18 Å². The summed E-state index contributed by atoms with van der Waals surface area (Å²) in [7, 11) is 0. The fourth-order valence-electron chi connectivity index (χ4n) is 7.44. The molecule has 0 atom stereocenters. The number of hydrogen-bond donors (Lipinski definition) is 2. The van der Waals surface area contributed by atoms with Gasteiger partial charge in [0.1, 0.15) is 11.7 Å². The molecule has 8 nitrogen and oxygen atoms in total. The van der Waals surface area contributed by atoms with Gasteiger partial charge >= 0.3 is 0 Å². The van der Waals surface area contributed by atoms with Gasteiger partial charge in [0.25, 0.3) is 0 Å². The molecule has 43 heavy (non-hydrogen) atoms. The summed E-state index contributed by atoms with van der Waals surface area (Å²) in [5.74, 6) is 0.892. The van der Waals surface area contributed by atoms with E-state index in [0.717, 1.165) is 105 Å². The number of alkyl halides is 1. The molecule has 2 aromatic heterocycles. The van der Waals surface area contributed by atoms with Crippen LogP contribution in [0.15, 0.2) is 30.6 Å². The van der Waals surface area contributed by atoms with Crippen molar-refractivity contribution in [3.05, 3.63) is 36.2 Å². The average Bonchev–Trinajstić information content (AvgIpc) is 3.69. The normalized spacial score (nSPS) is 24.7. The number of benzene rings is 1. The quantitative estimate of drug-likeness (QED) is 0.307. The fraction of sp³-hybridized carbons (Fsp3) is 0.618. The number of imidazole rings is 1. The highest BCUT2D eigenvalue weighted by molar-refractivity contribution is 5.91. The monoisotopic (exact) mass is 587 g/mol. The SMILES string of the molecule is CC(C)n1cnc2cc(-c3ccc(C4(C)CCNCC4)c(N(C=O)C4CC(N5CCC(F)CC5)C4)c3)nc(NC3CC3)c21. The summed E-state index contributed by atoms with van der Waals surface area (Å²) in [6.45, 7) is 10.3. The molecule has 7 rings (SSSR count). The minimum atomic E-state index is -0.665. The molecule has 4 aliphatic rings. The summed E-state index contributed by atoms with van der Waals surface area (Å²) >= 11 is 0. The van der Waals surface area contributed by atoms with Crippen molar-refractivity contribution in [1.29, 1.82) is 0 Å². The first-order valence-electron chi connectivity index (χ1n) is 16.4. The van der Waals surface area contributed by atoms with E-state index in [2.05, 4.69) is 65.1 Å². The Balaban J connectivity index is 1.25. The Morgan fingerprint density at radius 1 is 1.12 bits per heavy atom. The molecule has 0 radical (unpaired) electrons. The number of hydrogen-bond acceptors (Lipinski definition) is 6. The zero-order valence-corrected chi connectivity index (χ0v) is 25.9. The smallest absolute Gasteiger partial charge is 0.214 e. The maximum Gasteiger partial charge on any atom is 0.214 e. The van der Waals surface area contributed by atoms with Crippen LogP contribution in [0.3, 0.4) is 0 Å². The third kappa shape index (κ3) is 5.55. The number of nitrogens with zero attached hydrogens (tertiary/aromatic N) is 5. The predicted octanol–water partition coefficient (Wildman–Crippen LogP) is 5.82. The van der Waals surface area contributed by atoms with Crippen LogP contribution in [0.25, 0.3) is 22.3 Å². The van der Waals surface area contributed by atoms with Crippen LogP contribution in [0.1, 0.15) is 83.7 Å². The molecule has 4 heterocycles. The molecule has 2 aliphatic carbocycles. The maximum atomic E-state index is 13.8. The second kappa shape index (κ2) is 11.5. The number of likely N-dealkylation sites (tertiary alicyclic amines) is 1. The van der Waals surface area contributed by atoms with Crippen molar-refractivity contribution in [2.75, 3.05) is 36.4 Å². The number of carbonyl (C=O) groups excluding carboxylic acids is 1. The van der Waals surface area contributed by atoms with Crippen LogP contribution in [0.5, 0.6) is 0 Å². The van der Waals surface area contributed by atoms with Gasteiger partial charge in [0.15, 0.2) is 5.82 Å². The van der Waals surface area contributed by atoms with Gasteiger partial charge in [0, 0.05) is 48.5 Å². The maximum absolute atomic E-state index is 13.8. The molecule has 4 fully saturated rings. The number of halogens is 1. The van der Waals surface area contributed by atoms with Crippen LogP contribution < -0.4 is 15.5 Å². The summed E-state index contributed by atoms with van der Waals surface area (Å²) in [6, 6.07) is 10.1. The molecule has 3 aromatic rings. The highest BCUT2D eigenvalue weighted by atomic mass is 19.1.